The maximum Gasteiger partial charge on any atom is 0.218 e. The van der Waals surface area contributed by atoms with Gasteiger partial charge in [-0.05, 0) is 12.8 Å². The fourth-order valence-electron chi connectivity index (χ4n) is 1.69. The van der Waals surface area contributed by atoms with Crippen molar-refractivity contribution in [3.05, 3.63) is 0 Å². The first-order chi connectivity index (χ1) is 5.47. The Balaban J connectivity index is 1.82. The molecule has 0 amide bonds. The van der Waals surface area contributed by atoms with Gasteiger partial charge in [0.05, 0.1) is 13.2 Å². The zero-order valence-corrected chi connectivity index (χ0v) is 6.79. The van der Waals surface area contributed by atoms with Gasteiger partial charge in [0, 0.05) is 13.1 Å². The van der Waals surface area contributed by atoms with Gasteiger partial charge in [0.25, 0.3) is 0 Å². The second kappa shape index (κ2) is 3.52. The van der Waals surface area contributed by atoms with Crippen LogP contribution in [0, 0.1) is 0 Å². The van der Waals surface area contributed by atoms with Crippen LogP contribution in [0.5, 0.6) is 0 Å². The fourth-order valence-corrected chi connectivity index (χ4v) is 1.69. The van der Waals surface area contributed by atoms with Crippen LogP contribution in [0.3, 0.4) is 0 Å². The van der Waals surface area contributed by atoms with E-state index in [2.05, 4.69) is 4.90 Å². The number of likely N-dealkylation sites (tertiary alicyclic amines) is 1. The van der Waals surface area contributed by atoms with E-state index in [9.17, 15) is 0 Å². The molecule has 64 valence electrons. The normalized spacial score (nSPS) is 29.5. The predicted octanol–water partition coefficient (Wildman–Crippen LogP) is 0.803. The van der Waals surface area contributed by atoms with Gasteiger partial charge in [-0.2, -0.15) is 0 Å². The summed E-state index contributed by atoms with van der Waals surface area (Å²) in [4.78, 5) is 2.29. The van der Waals surface area contributed by atoms with Crippen LogP contribution in [0.15, 0.2) is 0 Å². The molecule has 2 fully saturated rings. The lowest BCUT2D eigenvalue weighted by atomic mass is 10.1. The van der Waals surface area contributed by atoms with E-state index in [4.69, 9.17) is 9.47 Å². The number of nitrogens with zero attached hydrogens (tertiary/aromatic N) is 1. The summed E-state index contributed by atoms with van der Waals surface area (Å²) in [6, 6.07) is 0. The van der Waals surface area contributed by atoms with Crippen LogP contribution in [-0.4, -0.2) is 37.6 Å². The highest BCUT2D eigenvalue weighted by Crippen LogP contribution is 2.16. The molecular formula is C8H15NO2. The Kier molecular flexibility index (Phi) is 2.41. The second-order valence-electron chi connectivity index (χ2n) is 3.15. The largest absolute Gasteiger partial charge is 0.337 e. The average molecular weight is 157 g/mol. The molecule has 2 aliphatic heterocycles. The van der Waals surface area contributed by atoms with Gasteiger partial charge in [0.15, 0.2) is 0 Å². The molecule has 2 rings (SSSR count). The van der Waals surface area contributed by atoms with E-state index in [1.54, 1.807) is 0 Å². The molecule has 0 aromatic rings. The molecule has 2 aliphatic rings. The summed E-state index contributed by atoms with van der Waals surface area (Å²) >= 11 is 0. The molecular weight excluding hydrogens is 142 g/mol. The van der Waals surface area contributed by atoms with Crippen LogP contribution < -0.4 is 0 Å². The third kappa shape index (κ3) is 1.72. The standard InChI is InChI=1S/C8H15NO2/c1-2-4-9(5-3-1)8-10-6-7-11-8/h8H,1-7H2. The van der Waals surface area contributed by atoms with E-state index in [-0.39, 0.29) is 6.41 Å². The molecule has 0 spiro atoms. The highest BCUT2D eigenvalue weighted by molar-refractivity contribution is 4.65. The van der Waals surface area contributed by atoms with Gasteiger partial charge in [-0.25, -0.2) is 0 Å². The molecule has 0 atom stereocenters. The summed E-state index contributed by atoms with van der Waals surface area (Å²) < 4.78 is 10.8. The van der Waals surface area contributed by atoms with Crippen LogP contribution in [0.4, 0.5) is 0 Å². The molecule has 3 nitrogen and oxygen atoms in total. The quantitative estimate of drug-likeness (QED) is 0.562. The fraction of sp³-hybridized carbons (Fsp3) is 1.00. The molecule has 0 aliphatic carbocycles. The number of ether oxygens (including phenoxy) is 2. The summed E-state index contributed by atoms with van der Waals surface area (Å²) in [6.45, 7) is 3.82. The summed E-state index contributed by atoms with van der Waals surface area (Å²) in [6.07, 6.45) is 3.94. The van der Waals surface area contributed by atoms with Gasteiger partial charge in [-0.1, -0.05) is 6.42 Å². The maximum atomic E-state index is 5.40. The lowest BCUT2D eigenvalue weighted by Gasteiger charge is -2.29. The molecule has 2 saturated heterocycles. The second-order valence-corrected chi connectivity index (χ2v) is 3.15. The lowest BCUT2D eigenvalue weighted by molar-refractivity contribution is -0.157. The van der Waals surface area contributed by atoms with E-state index >= 15 is 0 Å². The molecule has 3 heteroatoms. The van der Waals surface area contributed by atoms with Gasteiger partial charge in [-0.15, -0.1) is 0 Å². The molecule has 2 heterocycles. The van der Waals surface area contributed by atoms with Gasteiger partial charge >= 0.3 is 0 Å². The number of hydrogen-bond donors (Lipinski definition) is 0. The first-order valence-electron chi connectivity index (χ1n) is 4.44. The third-order valence-corrected chi connectivity index (χ3v) is 2.29. The van der Waals surface area contributed by atoms with E-state index in [1.165, 1.54) is 19.3 Å². The van der Waals surface area contributed by atoms with Crippen molar-refractivity contribution in [2.45, 2.75) is 25.7 Å². The molecule has 0 N–H and O–H groups in total. The predicted molar refractivity (Wildman–Crippen MR) is 41.1 cm³/mol. The van der Waals surface area contributed by atoms with E-state index in [0.717, 1.165) is 26.3 Å². The molecule has 0 bridgehead atoms. The SMILES string of the molecule is C1CCN(C2OCCO2)CC1. The molecule has 0 unspecified atom stereocenters. The minimum atomic E-state index is -0.0182. The highest BCUT2D eigenvalue weighted by Gasteiger charge is 2.24. The van der Waals surface area contributed by atoms with Crippen molar-refractivity contribution in [1.29, 1.82) is 0 Å². The zero-order chi connectivity index (χ0) is 7.52. The Morgan fingerprint density at radius 3 is 2.18 bits per heavy atom. The topological polar surface area (TPSA) is 21.7 Å². The maximum absolute atomic E-state index is 5.40. The van der Waals surface area contributed by atoms with Crippen molar-refractivity contribution >= 4 is 0 Å². The minimum absolute atomic E-state index is 0.0182. The van der Waals surface area contributed by atoms with Gasteiger partial charge < -0.3 is 9.47 Å². The van der Waals surface area contributed by atoms with Gasteiger partial charge in [0.1, 0.15) is 0 Å². The number of piperidine rings is 1. The summed E-state index contributed by atoms with van der Waals surface area (Å²) in [5, 5.41) is 0. The number of hydrogen-bond acceptors (Lipinski definition) is 3. The highest BCUT2D eigenvalue weighted by atomic mass is 16.7. The molecule has 0 radical (unpaired) electrons. The Hall–Kier alpha value is -0.120. The molecule has 11 heavy (non-hydrogen) atoms. The monoisotopic (exact) mass is 157 g/mol. The first-order valence-corrected chi connectivity index (χ1v) is 4.44. The first kappa shape index (κ1) is 7.53. The summed E-state index contributed by atoms with van der Waals surface area (Å²) in [7, 11) is 0. The minimum Gasteiger partial charge on any atom is -0.337 e. The van der Waals surface area contributed by atoms with Crippen molar-refractivity contribution < 1.29 is 9.47 Å². The Bertz CT molecular complexity index is 117. The van der Waals surface area contributed by atoms with E-state index in [0.29, 0.717) is 0 Å². The zero-order valence-electron chi connectivity index (χ0n) is 6.79. The molecule has 0 aromatic heterocycles. The van der Waals surface area contributed by atoms with Crippen LogP contribution in [0.1, 0.15) is 19.3 Å². The number of rotatable bonds is 1. The summed E-state index contributed by atoms with van der Waals surface area (Å²) in [5.41, 5.74) is 0. The van der Waals surface area contributed by atoms with Gasteiger partial charge in [0.2, 0.25) is 6.41 Å². The van der Waals surface area contributed by atoms with Crippen molar-refractivity contribution in [2.75, 3.05) is 26.3 Å². The van der Waals surface area contributed by atoms with Crippen molar-refractivity contribution in [3.63, 3.8) is 0 Å². The molecule has 0 aromatic carbocycles. The lowest BCUT2D eigenvalue weighted by Crippen LogP contribution is -2.39. The van der Waals surface area contributed by atoms with Crippen LogP contribution in [-0.2, 0) is 9.47 Å². The smallest absolute Gasteiger partial charge is 0.218 e. The van der Waals surface area contributed by atoms with Crippen molar-refractivity contribution in [1.82, 2.24) is 4.90 Å². The van der Waals surface area contributed by atoms with Crippen molar-refractivity contribution in [3.8, 4) is 0 Å². The van der Waals surface area contributed by atoms with Crippen LogP contribution in [0.25, 0.3) is 0 Å². The average Bonchev–Trinajstić information content (AvgIpc) is 2.58. The summed E-state index contributed by atoms with van der Waals surface area (Å²) in [5.74, 6) is 0. The Morgan fingerprint density at radius 1 is 0.909 bits per heavy atom. The third-order valence-electron chi connectivity index (χ3n) is 2.29. The van der Waals surface area contributed by atoms with Gasteiger partial charge in [-0.3, -0.25) is 4.90 Å². The molecule has 0 saturated carbocycles. The Labute approximate surface area is 67.3 Å². The van der Waals surface area contributed by atoms with Crippen LogP contribution >= 0.6 is 0 Å². The van der Waals surface area contributed by atoms with E-state index in [1.807, 2.05) is 0 Å². The Morgan fingerprint density at radius 2 is 1.55 bits per heavy atom. The van der Waals surface area contributed by atoms with Crippen LogP contribution in [0.2, 0.25) is 0 Å². The van der Waals surface area contributed by atoms with E-state index < -0.39 is 0 Å². The van der Waals surface area contributed by atoms with Crippen molar-refractivity contribution in [2.24, 2.45) is 0 Å².